The minimum atomic E-state index is 0.339. The molecule has 1 aromatic heterocycles. The summed E-state index contributed by atoms with van der Waals surface area (Å²) in [6, 6.07) is 8.99. The molecule has 2 atom stereocenters. The molecule has 180 valence electrons. The summed E-state index contributed by atoms with van der Waals surface area (Å²) in [7, 11) is 0. The molecule has 2 rings (SSSR count). The Morgan fingerprint density at radius 2 is 1.28 bits per heavy atom. The van der Waals surface area contributed by atoms with Crippen LogP contribution in [-0.2, 0) is 0 Å². The van der Waals surface area contributed by atoms with Crippen LogP contribution >= 0.6 is 0 Å². The Morgan fingerprint density at radius 3 is 1.84 bits per heavy atom. The van der Waals surface area contributed by atoms with E-state index < -0.39 is 0 Å². The summed E-state index contributed by atoms with van der Waals surface area (Å²) in [5.41, 5.74) is 0.984. The molecule has 0 saturated carbocycles. The first-order valence-corrected chi connectivity index (χ1v) is 12.7. The van der Waals surface area contributed by atoms with Crippen LogP contribution in [0.5, 0.6) is 0 Å². The van der Waals surface area contributed by atoms with Gasteiger partial charge in [-0.05, 0) is 90.9 Å². The van der Waals surface area contributed by atoms with E-state index >= 15 is 0 Å². The lowest BCUT2D eigenvalue weighted by atomic mass is 10.1. The van der Waals surface area contributed by atoms with Crippen LogP contribution in [0.25, 0.3) is 10.9 Å². The van der Waals surface area contributed by atoms with Gasteiger partial charge >= 0.3 is 0 Å². The molecule has 0 aliphatic heterocycles. The van der Waals surface area contributed by atoms with Gasteiger partial charge < -0.3 is 20.4 Å². The van der Waals surface area contributed by atoms with Crippen molar-refractivity contribution in [1.82, 2.24) is 19.8 Å². The lowest BCUT2D eigenvalue weighted by molar-refractivity contribution is 0.295. The molecule has 0 spiro atoms. The number of benzene rings is 1. The number of fused-ring (bicyclic) bond motifs is 1. The zero-order chi connectivity index (χ0) is 23.3. The first-order chi connectivity index (χ1) is 15.5. The number of aromatic nitrogens is 2. The number of nitrogens with one attached hydrogen (secondary N) is 2. The molecule has 0 amide bonds. The number of rotatable bonds is 16. The molecule has 0 radical (unpaired) electrons. The summed E-state index contributed by atoms with van der Waals surface area (Å²) in [6.07, 6.45) is 4.60. The lowest BCUT2D eigenvalue weighted by Gasteiger charge is -2.21. The quantitative estimate of drug-likeness (QED) is 0.359. The summed E-state index contributed by atoms with van der Waals surface area (Å²) in [5, 5.41) is 8.29. The Kier molecular flexibility index (Phi) is 11.7. The van der Waals surface area contributed by atoms with Gasteiger partial charge in [0.2, 0.25) is 5.95 Å². The molecule has 0 aliphatic rings. The van der Waals surface area contributed by atoms with Gasteiger partial charge in [-0.3, -0.25) is 0 Å². The second-order valence-electron chi connectivity index (χ2n) is 8.84. The van der Waals surface area contributed by atoms with Gasteiger partial charge in [0.1, 0.15) is 5.82 Å². The van der Waals surface area contributed by atoms with Crippen LogP contribution in [0.2, 0.25) is 0 Å². The van der Waals surface area contributed by atoms with Crippen molar-refractivity contribution in [3.05, 3.63) is 24.3 Å². The van der Waals surface area contributed by atoms with Crippen molar-refractivity contribution in [2.24, 2.45) is 0 Å². The van der Waals surface area contributed by atoms with E-state index in [2.05, 4.69) is 80.2 Å². The Bertz CT molecular complexity index is 772. The molecule has 32 heavy (non-hydrogen) atoms. The first-order valence-electron chi connectivity index (χ1n) is 12.7. The highest BCUT2D eigenvalue weighted by molar-refractivity contribution is 5.90. The van der Waals surface area contributed by atoms with E-state index in [9.17, 15) is 0 Å². The number of hydrogen-bond acceptors (Lipinski definition) is 6. The van der Waals surface area contributed by atoms with Crippen LogP contribution in [0.4, 0.5) is 11.8 Å². The van der Waals surface area contributed by atoms with Gasteiger partial charge in [-0.1, -0.05) is 39.8 Å². The third-order valence-corrected chi connectivity index (χ3v) is 6.37. The van der Waals surface area contributed by atoms with Crippen molar-refractivity contribution in [2.45, 2.75) is 79.3 Å². The van der Waals surface area contributed by atoms with E-state index in [0.717, 1.165) is 74.8 Å². The van der Waals surface area contributed by atoms with E-state index in [4.69, 9.17) is 9.97 Å². The largest absolute Gasteiger partial charge is 0.367 e. The second-order valence-corrected chi connectivity index (χ2v) is 8.84. The van der Waals surface area contributed by atoms with E-state index in [1.807, 2.05) is 6.07 Å². The van der Waals surface area contributed by atoms with Gasteiger partial charge in [-0.2, -0.15) is 4.98 Å². The maximum atomic E-state index is 4.88. The smallest absolute Gasteiger partial charge is 0.225 e. The normalized spacial score (nSPS) is 13.6. The van der Waals surface area contributed by atoms with Gasteiger partial charge in [0, 0.05) is 17.5 Å². The average molecular weight is 443 g/mol. The van der Waals surface area contributed by atoms with Crippen LogP contribution in [0.1, 0.15) is 67.2 Å². The SMILES string of the molecule is CCN(CC)CCCC(C)Nc1nc(NC(C)CCCN(CC)CC)c2ccccc2n1. The van der Waals surface area contributed by atoms with Crippen molar-refractivity contribution in [3.8, 4) is 0 Å². The summed E-state index contributed by atoms with van der Waals surface area (Å²) >= 11 is 0. The van der Waals surface area contributed by atoms with Crippen LogP contribution in [0, 0.1) is 0 Å². The average Bonchev–Trinajstić information content (AvgIpc) is 2.79. The molecule has 0 saturated heterocycles. The van der Waals surface area contributed by atoms with Gasteiger partial charge in [0.05, 0.1) is 5.52 Å². The maximum absolute atomic E-state index is 4.88. The second kappa shape index (κ2) is 14.3. The fraction of sp³-hybridized carbons (Fsp3) is 0.692. The third kappa shape index (κ3) is 8.55. The summed E-state index contributed by atoms with van der Waals surface area (Å²) in [5.74, 6) is 1.65. The van der Waals surface area contributed by atoms with Gasteiger partial charge in [-0.15, -0.1) is 0 Å². The van der Waals surface area contributed by atoms with Gasteiger partial charge in [-0.25, -0.2) is 4.98 Å². The van der Waals surface area contributed by atoms with E-state index in [1.54, 1.807) is 0 Å². The third-order valence-electron chi connectivity index (χ3n) is 6.37. The Labute approximate surface area is 196 Å². The van der Waals surface area contributed by atoms with Crippen molar-refractivity contribution >= 4 is 22.7 Å². The maximum Gasteiger partial charge on any atom is 0.225 e. The van der Waals surface area contributed by atoms with Gasteiger partial charge in [0.15, 0.2) is 0 Å². The van der Waals surface area contributed by atoms with Crippen LogP contribution < -0.4 is 10.6 Å². The summed E-state index contributed by atoms with van der Waals surface area (Å²) in [4.78, 5) is 14.6. The first kappa shape index (κ1) is 26.3. The van der Waals surface area contributed by atoms with E-state index in [-0.39, 0.29) is 0 Å². The minimum Gasteiger partial charge on any atom is -0.367 e. The van der Waals surface area contributed by atoms with Crippen molar-refractivity contribution in [1.29, 1.82) is 0 Å². The van der Waals surface area contributed by atoms with Crippen LogP contribution in [0.15, 0.2) is 24.3 Å². The molecule has 0 bridgehead atoms. The molecule has 1 aromatic carbocycles. The topological polar surface area (TPSA) is 56.3 Å². The monoisotopic (exact) mass is 442 g/mol. The number of hydrogen-bond donors (Lipinski definition) is 2. The van der Waals surface area contributed by atoms with Crippen molar-refractivity contribution < 1.29 is 0 Å². The van der Waals surface area contributed by atoms with E-state index in [0.29, 0.717) is 12.1 Å². The highest BCUT2D eigenvalue weighted by Crippen LogP contribution is 2.23. The molecule has 2 N–H and O–H groups in total. The fourth-order valence-corrected chi connectivity index (χ4v) is 4.17. The van der Waals surface area contributed by atoms with Crippen LogP contribution in [-0.4, -0.2) is 71.1 Å². The number of anilines is 2. The number of para-hydroxylation sites is 1. The number of nitrogens with zero attached hydrogens (tertiary/aromatic N) is 4. The molecule has 1 heterocycles. The molecular weight excluding hydrogens is 396 g/mol. The Morgan fingerprint density at radius 1 is 0.750 bits per heavy atom. The standard InChI is InChI=1S/C26H46N6/c1-7-31(8-2)19-13-15-21(5)27-25-23-17-11-12-18-24(23)29-26(30-25)28-22(6)16-14-20-32(9-3)10-4/h11-12,17-18,21-22H,7-10,13-16,19-20H2,1-6H3,(H2,27,28,29,30). The zero-order valence-electron chi connectivity index (χ0n) is 21.3. The van der Waals surface area contributed by atoms with E-state index in [1.165, 1.54) is 12.8 Å². The molecule has 6 nitrogen and oxygen atoms in total. The predicted octanol–water partition coefficient (Wildman–Crippen LogP) is 5.47. The minimum absolute atomic E-state index is 0.339. The van der Waals surface area contributed by atoms with Gasteiger partial charge in [0.25, 0.3) is 0 Å². The summed E-state index contributed by atoms with van der Waals surface area (Å²) < 4.78 is 0. The van der Waals surface area contributed by atoms with Crippen LogP contribution in [0.3, 0.4) is 0 Å². The highest BCUT2D eigenvalue weighted by atomic mass is 15.2. The molecule has 2 unspecified atom stereocenters. The predicted molar refractivity (Wildman–Crippen MR) is 140 cm³/mol. The Hall–Kier alpha value is -1.92. The fourth-order valence-electron chi connectivity index (χ4n) is 4.17. The zero-order valence-corrected chi connectivity index (χ0v) is 21.3. The van der Waals surface area contributed by atoms with Crippen molar-refractivity contribution in [2.75, 3.05) is 49.9 Å². The molecule has 0 fully saturated rings. The Balaban J connectivity index is 2.00. The molecular formula is C26H46N6. The molecule has 2 aromatic rings. The lowest BCUT2D eigenvalue weighted by Crippen LogP contribution is -2.26. The molecule has 0 aliphatic carbocycles. The highest BCUT2D eigenvalue weighted by Gasteiger charge is 2.12. The molecule has 6 heteroatoms. The van der Waals surface area contributed by atoms with Crippen molar-refractivity contribution in [3.63, 3.8) is 0 Å². The summed E-state index contributed by atoms with van der Waals surface area (Å²) in [6.45, 7) is 20.2.